The van der Waals surface area contributed by atoms with Crippen molar-refractivity contribution < 1.29 is 9.53 Å². The lowest BCUT2D eigenvalue weighted by Crippen LogP contribution is -2.19. The fraction of sp³-hybridized carbons (Fsp3) is 0.588. The number of Topliss-reactive ketones (excluding diaryl/α,β-unsaturated/α-hetero) is 1. The van der Waals surface area contributed by atoms with Crippen molar-refractivity contribution in [2.45, 2.75) is 44.9 Å². The van der Waals surface area contributed by atoms with Gasteiger partial charge in [-0.15, -0.1) is 0 Å². The van der Waals surface area contributed by atoms with E-state index in [1.54, 1.807) is 0 Å². The van der Waals surface area contributed by atoms with Crippen molar-refractivity contribution in [1.29, 1.82) is 0 Å². The highest BCUT2D eigenvalue weighted by molar-refractivity contribution is 5.98. The minimum atomic E-state index is 0.345. The Morgan fingerprint density at radius 2 is 2.05 bits per heavy atom. The average molecular weight is 258 g/mol. The Morgan fingerprint density at radius 3 is 2.84 bits per heavy atom. The summed E-state index contributed by atoms with van der Waals surface area (Å²) in [7, 11) is 0. The number of ketones is 1. The molecule has 0 aromatic heterocycles. The van der Waals surface area contributed by atoms with Crippen LogP contribution < -0.4 is 0 Å². The first-order valence-electron chi connectivity index (χ1n) is 7.48. The van der Waals surface area contributed by atoms with E-state index in [1.165, 1.54) is 17.5 Å². The molecule has 19 heavy (non-hydrogen) atoms. The Morgan fingerprint density at radius 1 is 1.26 bits per heavy atom. The first kappa shape index (κ1) is 12.9. The number of benzene rings is 1. The average Bonchev–Trinajstić information content (AvgIpc) is 2.82. The Kier molecular flexibility index (Phi) is 3.69. The van der Waals surface area contributed by atoms with Crippen LogP contribution in [0.5, 0.6) is 0 Å². The van der Waals surface area contributed by atoms with Crippen molar-refractivity contribution in [3.05, 3.63) is 34.9 Å². The first-order valence-corrected chi connectivity index (χ1v) is 7.48. The molecule has 2 aliphatic rings. The van der Waals surface area contributed by atoms with Crippen LogP contribution in [0.3, 0.4) is 0 Å². The van der Waals surface area contributed by atoms with Gasteiger partial charge in [0.1, 0.15) is 0 Å². The fourth-order valence-corrected chi connectivity index (χ4v) is 3.45. The first-order chi connectivity index (χ1) is 9.25. The minimum absolute atomic E-state index is 0.345. The molecule has 0 radical (unpaired) electrons. The maximum atomic E-state index is 12.5. The normalized spacial score (nSPS) is 23.3. The van der Waals surface area contributed by atoms with Gasteiger partial charge in [0.2, 0.25) is 0 Å². The molecule has 1 saturated heterocycles. The van der Waals surface area contributed by atoms with Gasteiger partial charge in [-0.25, -0.2) is 0 Å². The molecular formula is C17H22O2. The molecule has 2 nitrogen and oxygen atoms in total. The standard InChI is InChI=1S/C17H22O2/c1-12-5-6-15-14(12)3-2-4-16(15)17(18)11-13-7-9-19-10-8-13/h2-4,12-13H,5-11H2,1H3. The van der Waals surface area contributed by atoms with Crippen molar-refractivity contribution in [3.8, 4) is 0 Å². The largest absolute Gasteiger partial charge is 0.381 e. The summed E-state index contributed by atoms with van der Waals surface area (Å²) < 4.78 is 5.36. The number of hydrogen-bond acceptors (Lipinski definition) is 2. The Labute approximate surface area is 115 Å². The van der Waals surface area contributed by atoms with Crippen LogP contribution in [0.15, 0.2) is 18.2 Å². The number of hydrogen-bond donors (Lipinski definition) is 0. The second-order valence-corrected chi connectivity index (χ2v) is 6.00. The Bertz CT molecular complexity index is 472. The van der Waals surface area contributed by atoms with E-state index in [4.69, 9.17) is 4.74 Å². The number of rotatable bonds is 3. The minimum Gasteiger partial charge on any atom is -0.381 e. The summed E-state index contributed by atoms with van der Waals surface area (Å²) in [6.07, 6.45) is 5.05. The summed E-state index contributed by atoms with van der Waals surface area (Å²) in [4.78, 5) is 12.5. The molecule has 1 aromatic rings. The molecule has 102 valence electrons. The van der Waals surface area contributed by atoms with Crippen LogP contribution in [0.25, 0.3) is 0 Å². The van der Waals surface area contributed by atoms with Gasteiger partial charge < -0.3 is 4.74 Å². The monoisotopic (exact) mass is 258 g/mol. The Hall–Kier alpha value is -1.15. The maximum absolute atomic E-state index is 12.5. The highest BCUT2D eigenvalue weighted by atomic mass is 16.5. The number of carbonyl (C=O) groups is 1. The number of fused-ring (bicyclic) bond motifs is 1. The van der Waals surface area contributed by atoms with Crippen molar-refractivity contribution in [1.82, 2.24) is 0 Å². The van der Waals surface area contributed by atoms with Crippen LogP contribution in [-0.4, -0.2) is 19.0 Å². The molecule has 1 atom stereocenters. The fourth-order valence-electron chi connectivity index (χ4n) is 3.45. The van der Waals surface area contributed by atoms with E-state index in [9.17, 15) is 4.79 Å². The molecule has 1 aromatic carbocycles. The van der Waals surface area contributed by atoms with E-state index < -0.39 is 0 Å². The predicted molar refractivity (Wildman–Crippen MR) is 75.7 cm³/mol. The van der Waals surface area contributed by atoms with Crippen molar-refractivity contribution in [2.24, 2.45) is 5.92 Å². The zero-order chi connectivity index (χ0) is 13.2. The molecule has 0 spiro atoms. The van der Waals surface area contributed by atoms with Gasteiger partial charge in [-0.2, -0.15) is 0 Å². The molecule has 0 saturated carbocycles. The van der Waals surface area contributed by atoms with E-state index in [2.05, 4.69) is 19.1 Å². The van der Waals surface area contributed by atoms with Crippen molar-refractivity contribution >= 4 is 5.78 Å². The van der Waals surface area contributed by atoms with Crippen LogP contribution in [0.2, 0.25) is 0 Å². The lowest BCUT2D eigenvalue weighted by atomic mass is 9.89. The summed E-state index contributed by atoms with van der Waals surface area (Å²) in [6, 6.07) is 6.27. The highest BCUT2D eigenvalue weighted by Crippen LogP contribution is 2.35. The zero-order valence-corrected chi connectivity index (χ0v) is 11.7. The molecule has 1 fully saturated rings. The Balaban J connectivity index is 1.77. The third-order valence-electron chi connectivity index (χ3n) is 4.69. The maximum Gasteiger partial charge on any atom is 0.163 e. The van der Waals surface area contributed by atoms with Gasteiger partial charge >= 0.3 is 0 Å². The van der Waals surface area contributed by atoms with Gasteiger partial charge in [-0.1, -0.05) is 25.1 Å². The van der Waals surface area contributed by atoms with Crippen LogP contribution in [0.1, 0.15) is 60.0 Å². The lowest BCUT2D eigenvalue weighted by Gasteiger charge is -2.21. The molecule has 3 rings (SSSR count). The number of carbonyl (C=O) groups excluding carboxylic acids is 1. The molecule has 0 amide bonds. The van der Waals surface area contributed by atoms with Gasteiger partial charge in [0, 0.05) is 25.2 Å². The highest BCUT2D eigenvalue weighted by Gasteiger charge is 2.25. The summed E-state index contributed by atoms with van der Waals surface area (Å²) >= 11 is 0. The summed E-state index contributed by atoms with van der Waals surface area (Å²) in [5, 5.41) is 0. The van der Waals surface area contributed by atoms with Gasteiger partial charge in [-0.05, 0) is 48.6 Å². The number of ether oxygens (including phenoxy) is 1. The molecule has 1 unspecified atom stereocenters. The summed E-state index contributed by atoms with van der Waals surface area (Å²) in [5.74, 6) is 1.49. The van der Waals surface area contributed by atoms with E-state index in [-0.39, 0.29) is 0 Å². The summed E-state index contributed by atoms with van der Waals surface area (Å²) in [5.41, 5.74) is 3.72. The molecule has 1 heterocycles. The third-order valence-corrected chi connectivity index (χ3v) is 4.69. The molecule has 0 bridgehead atoms. The van der Waals surface area contributed by atoms with Gasteiger partial charge in [-0.3, -0.25) is 4.79 Å². The van der Waals surface area contributed by atoms with Crippen molar-refractivity contribution in [2.75, 3.05) is 13.2 Å². The van der Waals surface area contributed by atoms with Crippen LogP contribution in [0.4, 0.5) is 0 Å². The molecule has 1 aliphatic heterocycles. The predicted octanol–water partition coefficient (Wildman–Crippen LogP) is 3.74. The van der Waals surface area contributed by atoms with Gasteiger partial charge in [0.15, 0.2) is 5.78 Å². The second-order valence-electron chi connectivity index (χ2n) is 6.00. The van der Waals surface area contributed by atoms with Crippen molar-refractivity contribution in [3.63, 3.8) is 0 Å². The SMILES string of the molecule is CC1CCc2c(C(=O)CC3CCOCC3)cccc21. The van der Waals surface area contributed by atoms with E-state index in [1.807, 2.05) is 6.07 Å². The molecular weight excluding hydrogens is 236 g/mol. The van der Waals surface area contributed by atoms with E-state index in [0.29, 0.717) is 24.0 Å². The third kappa shape index (κ3) is 2.59. The molecule has 0 N–H and O–H groups in total. The van der Waals surface area contributed by atoms with Gasteiger partial charge in [0.05, 0.1) is 0 Å². The van der Waals surface area contributed by atoms with E-state index >= 15 is 0 Å². The van der Waals surface area contributed by atoms with Crippen LogP contribution >= 0.6 is 0 Å². The topological polar surface area (TPSA) is 26.3 Å². The molecule has 1 aliphatic carbocycles. The van der Waals surface area contributed by atoms with Crippen LogP contribution in [-0.2, 0) is 11.2 Å². The lowest BCUT2D eigenvalue weighted by molar-refractivity contribution is 0.0601. The summed E-state index contributed by atoms with van der Waals surface area (Å²) in [6.45, 7) is 3.91. The second kappa shape index (κ2) is 5.46. The van der Waals surface area contributed by atoms with Crippen LogP contribution in [0, 0.1) is 5.92 Å². The quantitative estimate of drug-likeness (QED) is 0.772. The van der Waals surface area contributed by atoms with E-state index in [0.717, 1.165) is 38.0 Å². The van der Waals surface area contributed by atoms with Gasteiger partial charge in [0.25, 0.3) is 0 Å². The molecule has 2 heteroatoms. The smallest absolute Gasteiger partial charge is 0.163 e. The zero-order valence-electron chi connectivity index (χ0n) is 11.7.